The van der Waals surface area contributed by atoms with E-state index >= 15 is 0 Å². The summed E-state index contributed by atoms with van der Waals surface area (Å²) >= 11 is 6.14. The van der Waals surface area contributed by atoms with Crippen molar-refractivity contribution in [3.05, 3.63) is 82.1 Å². The van der Waals surface area contributed by atoms with Crippen LogP contribution in [0.5, 0.6) is 0 Å². The molecule has 0 saturated carbocycles. The fourth-order valence-electron chi connectivity index (χ4n) is 5.79. The molecule has 2 aliphatic rings. The second-order valence-electron chi connectivity index (χ2n) is 9.87. The number of alkyl halides is 3. The van der Waals surface area contributed by atoms with Crippen LogP contribution in [0.2, 0.25) is 5.02 Å². The Morgan fingerprint density at radius 1 is 0.946 bits per heavy atom. The number of carbonyl (C=O) groups is 2. The van der Waals surface area contributed by atoms with Crippen LogP contribution in [0.15, 0.2) is 54.6 Å². The molecule has 9 heteroatoms. The number of halogens is 4. The van der Waals surface area contributed by atoms with Crippen molar-refractivity contribution in [2.45, 2.75) is 38.0 Å². The molecule has 0 bridgehead atoms. The summed E-state index contributed by atoms with van der Waals surface area (Å²) in [6.07, 6.45) is -3.78. The Morgan fingerprint density at radius 3 is 2.32 bits per heavy atom. The van der Waals surface area contributed by atoms with Gasteiger partial charge in [-0.05, 0) is 79.9 Å². The molecule has 2 aromatic carbocycles. The average Bonchev–Trinajstić information content (AvgIpc) is 3.30. The molecule has 3 heterocycles. The Morgan fingerprint density at radius 2 is 1.68 bits per heavy atom. The molecule has 0 unspecified atom stereocenters. The van der Waals surface area contributed by atoms with Gasteiger partial charge in [-0.2, -0.15) is 13.2 Å². The first-order valence-electron chi connectivity index (χ1n) is 12.2. The standard InChI is InChI=1S/C28H27ClF3N3O2/c1-18-16-20(6-7-22(18)19-4-3-5-21(29)17-19)26(37)34-12-10-27(11-13-34)24-9-8-23(25(36)28(30,31)32)35(24)15-14-33(27)2/h3-9,16-17H,10-15H2,1-2H3. The van der Waals surface area contributed by atoms with Crippen LogP contribution >= 0.6 is 11.6 Å². The highest BCUT2D eigenvalue weighted by Gasteiger charge is 2.47. The van der Waals surface area contributed by atoms with E-state index in [9.17, 15) is 22.8 Å². The number of hydrogen-bond acceptors (Lipinski definition) is 3. The van der Waals surface area contributed by atoms with Crippen LogP contribution in [0.25, 0.3) is 11.1 Å². The third-order valence-corrected chi connectivity index (χ3v) is 8.06. The monoisotopic (exact) mass is 529 g/mol. The van der Waals surface area contributed by atoms with Gasteiger partial charge in [0.05, 0.1) is 11.2 Å². The van der Waals surface area contributed by atoms with Crippen LogP contribution in [0, 0.1) is 6.92 Å². The summed E-state index contributed by atoms with van der Waals surface area (Å²) in [5.41, 5.74) is 3.42. The maximum absolute atomic E-state index is 13.4. The van der Waals surface area contributed by atoms with Crippen LogP contribution in [-0.2, 0) is 12.1 Å². The topological polar surface area (TPSA) is 45.6 Å². The number of aromatic nitrogens is 1. The summed E-state index contributed by atoms with van der Waals surface area (Å²) < 4.78 is 40.9. The van der Waals surface area contributed by atoms with Gasteiger partial charge in [-0.15, -0.1) is 0 Å². The van der Waals surface area contributed by atoms with Gasteiger partial charge in [0.25, 0.3) is 11.7 Å². The fraction of sp³-hybridized carbons (Fsp3) is 0.357. The molecule has 1 spiro atoms. The molecule has 3 aromatic rings. The Bertz CT molecular complexity index is 1370. The van der Waals surface area contributed by atoms with Crippen LogP contribution in [-0.4, -0.2) is 58.9 Å². The highest BCUT2D eigenvalue weighted by Crippen LogP contribution is 2.42. The molecule has 5 rings (SSSR count). The van der Waals surface area contributed by atoms with Gasteiger partial charge in [0.15, 0.2) is 0 Å². The second-order valence-corrected chi connectivity index (χ2v) is 10.3. The molecule has 5 nitrogen and oxygen atoms in total. The minimum Gasteiger partial charge on any atom is -0.339 e. The average molecular weight is 530 g/mol. The number of rotatable bonds is 3. The van der Waals surface area contributed by atoms with E-state index in [4.69, 9.17) is 11.6 Å². The fourth-order valence-corrected chi connectivity index (χ4v) is 5.98. The van der Waals surface area contributed by atoms with Crippen LogP contribution < -0.4 is 0 Å². The van der Waals surface area contributed by atoms with Crippen molar-refractivity contribution in [2.75, 3.05) is 26.7 Å². The summed E-state index contributed by atoms with van der Waals surface area (Å²) in [5.74, 6) is -1.89. The highest BCUT2D eigenvalue weighted by molar-refractivity contribution is 6.30. The third-order valence-electron chi connectivity index (χ3n) is 7.82. The number of amides is 1. The summed E-state index contributed by atoms with van der Waals surface area (Å²) in [4.78, 5) is 29.3. The molecule has 194 valence electrons. The lowest BCUT2D eigenvalue weighted by molar-refractivity contribution is -0.0892. The van der Waals surface area contributed by atoms with E-state index in [-0.39, 0.29) is 11.6 Å². The molecule has 1 fully saturated rings. The first kappa shape index (κ1) is 25.5. The number of likely N-dealkylation sites (N-methyl/N-ethyl adjacent to an activating group) is 1. The first-order chi connectivity index (χ1) is 17.5. The number of nitrogens with zero attached hydrogens (tertiary/aromatic N) is 3. The van der Waals surface area contributed by atoms with E-state index in [1.165, 1.54) is 10.6 Å². The molecule has 1 saturated heterocycles. The van der Waals surface area contributed by atoms with Gasteiger partial charge in [0.1, 0.15) is 0 Å². The molecule has 0 atom stereocenters. The summed E-state index contributed by atoms with van der Waals surface area (Å²) in [6.45, 7) is 3.73. The Kier molecular flexibility index (Phi) is 6.44. The van der Waals surface area contributed by atoms with Gasteiger partial charge in [0.2, 0.25) is 0 Å². The zero-order valence-electron chi connectivity index (χ0n) is 20.6. The Hall–Kier alpha value is -3.10. The van der Waals surface area contributed by atoms with E-state index in [0.29, 0.717) is 55.3 Å². The summed E-state index contributed by atoms with van der Waals surface area (Å²) in [6, 6.07) is 16.1. The number of Topliss-reactive ketones (excluding diaryl/α,β-unsaturated/α-hetero) is 1. The summed E-state index contributed by atoms with van der Waals surface area (Å²) in [5, 5.41) is 0.646. The predicted octanol–water partition coefficient (Wildman–Crippen LogP) is 5.94. The maximum atomic E-state index is 13.4. The van der Waals surface area contributed by atoms with Crippen molar-refractivity contribution in [3.8, 4) is 11.1 Å². The number of piperidine rings is 1. The molecule has 1 amide bonds. The lowest BCUT2D eigenvalue weighted by Gasteiger charge is -2.50. The number of likely N-dealkylation sites (tertiary alicyclic amines) is 1. The SMILES string of the molecule is Cc1cc(C(=O)N2CCC3(CC2)c2ccc(C(=O)C(F)(F)F)n2CCN3C)ccc1-c1cccc(Cl)c1. The molecule has 1 aromatic heterocycles. The van der Waals surface area contributed by atoms with Crippen molar-refractivity contribution >= 4 is 23.3 Å². The van der Waals surface area contributed by atoms with Crippen LogP contribution in [0.3, 0.4) is 0 Å². The lowest BCUT2D eigenvalue weighted by Crippen LogP contribution is -2.56. The van der Waals surface area contributed by atoms with Gasteiger partial charge < -0.3 is 9.47 Å². The minimum absolute atomic E-state index is 0.0719. The van der Waals surface area contributed by atoms with E-state index in [1.807, 2.05) is 56.4 Å². The zero-order chi connectivity index (χ0) is 26.5. The number of ketones is 1. The largest absolute Gasteiger partial charge is 0.456 e. The molecular formula is C28H27ClF3N3O2. The van der Waals surface area contributed by atoms with E-state index < -0.39 is 17.5 Å². The van der Waals surface area contributed by atoms with Gasteiger partial charge in [-0.3, -0.25) is 14.5 Å². The van der Waals surface area contributed by atoms with Gasteiger partial charge in [0, 0.05) is 42.5 Å². The Labute approximate surface area is 218 Å². The van der Waals surface area contributed by atoms with Gasteiger partial charge in [-0.1, -0.05) is 29.8 Å². The van der Waals surface area contributed by atoms with Gasteiger partial charge >= 0.3 is 6.18 Å². The molecule has 0 aliphatic carbocycles. The molecular weight excluding hydrogens is 503 g/mol. The van der Waals surface area contributed by atoms with Crippen molar-refractivity contribution in [3.63, 3.8) is 0 Å². The molecule has 37 heavy (non-hydrogen) atoms. The zero-order valence-corrected chi connectivity index (χ0v) is 21.4. The molecule has 2 aliphatic heterocycles. The quantitative estimate of drug-likeness (QED) is 0.395. The number of aryl methyl sites for hydroxylation is 1. The van der Waals surface area contributed by atoms with Crippen molar-refractivity contribution < 1.29 is 22.8 Å². The van der Waals surface area contributed by atoms with Crippen LogP contribution in [0.4, 0.5) is 13.2 Å². The van der Waals surface area contributed by atoms with Crippen molar-refractivity contribution in [1.82, 2.24) is 14.4 Å². The Balaban J connectivity index is 1.35. The number of carbonyl (C=O) groups excluding carboxylic acids is 2. The number of fused-ring (bicyclic) bond motifs is 2. The van der Waals surface area contributed by atoms with Crippen molar-refractivity contribution in [1.29, 1.82) is 0 Å². The van der Waals surface area contributed by atoms with Crippen LogP contribution in [0.1, 0.15) is 44.9 Å². The number of benzene rings is 2. The third kappa shape index (κ3) is 4.46. The normalized spacial score (nSPS) is 17.6. The predicted molar refractivity (Wildman–Crippen MR) is 136 cm³/mol. The highest BCUT2D eigenvalue weighted by atomic mass is 35.5. The molecule has 0 N–H and O–H groups in total. The van der Waals surface area contributed by atoms with Crippen molar-refractivity contribution in [2.24, 2.45) is 0 Å². The second kappa shape index (κ2) is 9.33. The molecule has 0 radical (unpaired) electrons. The van der Waals surface area contributed by atoms with E-state index in [2.05, 4.69) is 4.90 Å². The van der Waals surface area contributed by atoms with E-state index in [1.54, 1.807) is 11.0 Å². The smallest absolute Gasteiger partial charge is 0.339 e. The minimum atomic E-state index is -4.91. The number of hydrogen-bond donors (Lipinski definition) is 0. The maximum Gasteiger partial charge on any atom is 0.456 e. The van der Waals surface area contributed by atoms with E-state index in [0.717, 1.165) is 16.7 Å². The van der Waals surface area contributed by atoms with Gasteiger partial charge in [-0.25, -0.2) is 0 Å². The first-order valence-corrected chi connectivity index (χ1v) is 12.6. The summed E-state index contributed by atoms with van der Waals surface area (Å²) in [7, 11) is 1.96. The lowest BCUT2D eigenvalue weighted by atomic mass is 9.81.